The minimum absolute atomic E-state index is 0.215. The topological polar surface area (TPSA) is 66.8 Å². The van der Waals surface area contributed by atoms with Crippen molar-refractivity contribution < 1.29 is 19.4 Å². The summed E-state index contributed by atoms with van der Waals surface area (Å²) in [7, 11) is 0. The third-order valence-electron chi connectivity index (χ3n) is 3.86. The first kappa shape index (κ1) is 17.0. The summed E-state index contributed by atoms with van der Waals surface area (Å²) < 4.78 is 5.03. The molecule has 0 aromatic carbocycles. The van der Waals surface area contributed by atoms with Gasteiger partial charge in [0.15, 0.2) is 0 Å². The van der Waals surface area contributed by atoms with Gasteiger partial charge in [-0.3, -0.25) is 4.79 Å². The molecule has 0 aromatic heterocycles. The summed E-state index contributed by atoms with van der Waals surface area (Å²) in [4.78, 5) is 25.6. The quantitative estimate of drug-likeness (QED) is 0.846. The molecule has 2 amide bonds. The monoisotopic (exact) mass is 285 g/mol. The summed E-state index contributed by atoms with van der Waals surface area (Å²) in [5.74, 6) is -1.01. The number of cyclic esters (lactones) is 1. The average Bonchev–Trinajstić information content (AvgIpc) is 2.66. The standard InChI is InChI=1S/C15H27NO4/c1-9(11(17)15(5,6)7)12(18)16-10(14(2,3)4)8-20-13(16)19/h9-11,17H,8H2,1-7H3/t9-,10+,11-/m0/s1. The third kappa shape index (κ3) is 3.32. The third-order valence-corrected chi connectivity index (χ3v) is 3.86. The van der Waals surface area contributed by atoms with Crippen LogP contribution in [0.15, 0.2) is 0 Å². The second-order valence-electron chi connectivity index (χ2n) is 7.77. The number of ether oxygens (including phenoxy) is 1. The van der Waals surface area contributed by atoms with E-state index in [2.05, 4.69) is 0 Å². The van der Waals surface area contributed by atoms with E-state index < -0.39 is 23.5 Å². The van der Waals surface area contributed by atoms with E-state index in [-0.39, 0.29) is 24.0 Å². The highest BCUT2D eigenvalue weighted by Crippen LogP contribution is 2.33. The summed E-state index contributed by atoms with van der Waals surface area (Å²) in [5, 5.41) is 10.3. The molecule has 0 unspecified atom stereocenters. The lowest BCUT2D eigenvalue weighted by atomic mass is 9.80. The van der Waals surface area contributed by atoms with Gasteiger partial charge in [0.2, 0.25) is 5.91 Å². The number of carbonyl (C=O) groups is 2. The number of rotatable bonds is 2. The van der Waals surface area contributed by atoms with Gasteiger partial charge >= 0.3 is 6.09 Å². The molecule has 0 bridgehead atoms. The minimum Gasteiger partial charge on any atom is -0.447 e. The van der Waals surface area contributed by atoms with Crippen molar-refractivity contribution in [3.05, 3.63) is 0 Å². The highest BCUT2D eigenvalue weighted by atomic mass is 16.6. The van der Waals surface area contributed by atoms with Gasteiger partial charge in [-0.15, -0.1) is 0 Å². The van der Waals surface area contributed by atoms with Crippen LogP contribution in [-0.2, 0) is 9.53 Å². The van der Waals surface area contributed by atoms with Crippen molar-refractivity contribution in [2.75, 3.05) is 6.61 Å². The molecule has 0 saturated carbocycles. The summed E-state index contributed by atoms with van der Waals surface area (Å²) in [6.07, 6.45) is -1.42. The van der Waals surface area contributed by atoms with Gasteiger partial charge in [0.25, 0.3) is 0 Å². The van der Waals surface area contributed by atoms with Crippen LogP contribution in [0.2, 0.25) is 0 Å². The van der Waals surface area contributed by atoms with Crippen LogP contribution in [0, 0.1) is 16.7 Å². The van der Waals surface area contributed by atoms with E-state index in [1.165, 1.54) is 4.90 Å². The summed E-state index contributed by atoms with van der Waals surface area (Å²) in [5.41, 5.74) is -0.676. The smallest absolute Gasteiger partial charge is 0.417 e. The van der Waals surface area contributed by atoms with Gasteiger partial charge < -0.3 is 9.84 Å². The maximum Gasteiger partial charge on any atom is 0.417 e. The molecule has 1 heterocycles. The van der Waals surface area contributed by atoms with Gasteiger partial charge in [-0.05, 0) is 10.8 Å². The summed E-state index contributed by atoms with van der Waals surface area (Å²) in [6.45, 7) is 13.4. The minimum atomic E-state index is -0.816. The Labute approximate surface area is 121 Å². The lowest BCUT2D eigenvalue weighted by Gasteiger charge is -2.35. The number of hydrogen-bond acceptors (Lipinski definition) is 4. The van der Waals surface area contributed by atoms with Crippen LogP contribution >= 0.6 is 0 Å². The van der Waals surface area contributed by atoms with Gasteiger partial charge in [-0.2, -0.15) is 0 Å². The Balaban J connectivity index is 2.97. The first-order valence-corrected chi connectivity index (χ1v) is 7.05. The summed E-state index contributed by atoms with van der Waals surface area (Å²) in [6, 6.07) is -0.294. The molecule has 20 heavy (non-hydrogen) atoms. The van der Waals surface area contributed by atoms with Gasteiger partial charge in [-0.25, -0.2) is 9.69 Å². The number of aliphatic hydroxyl groups excluding tert-OH is 1. The van der Waals surface area contributed by atoms with Crippen molar-refractivity contribution in [2.24, 2.45) is 16.7 Å². The number of carbonyl (C=O) groups excluding carboxylic acids is 2. The van der Waals surface area contributed by atoms with E-state index in [4.69, 9.17) is 4.74 Å². The van der Waals surface area contributed by atoms with Crippen molar-refractivity contribution in [3.63, 3.8) is 0 Å². The molecule has 0 aromatic rings. The Morgan fingerprint density at radius 1 is 1.30 bits per heavy atom. The van der Waals surface area contributed by atoms with E-state index in [0.717, 1.165) is 0 Å². The van der Waals surface area contributed by atoms with Crippen LogP contribution in [0.25, 0.3) is 0 Å². The van der Waals surface area contributed by atoms with Gasteiger partial charge in [0.05, 0.1) is 18.1 Å². The molecule has 3 atom stereocenters. The largest absolute Gasteiger partial charge is 0.447 e. The van der Waals surface area contributed by atoms with Crippen molar-refractivity contribution in [1.82, 2.24) is 4.90 Å². The van der Waals surface area contributed by atoms with Gasteiger partial charge in [-0.1, -0.05) is 48.5 Å². The van der Waals surface area contributed by atoms with Gasteiger partial charge in [0, 0.05) is 0 Å². The molecule has 0 aliphatic carbocycles. The lowest BCUT2D eigenvalue weighted by molar-refractivity contribution is -0.140. The van der Waals surface area contributed by atoms with Gasteiger partial charge in [0.1, 0.15) is 6.61 Å². The first-order valence-electron chi connectivity index (χ1n) is 7.05. The number of amides is 2. The normalized spacial score (nSPS) is 23.5. The number of nitrogens with zero attached hydrogens (tertiary/aromatic N) is 1. The molecule has 1 saturated heterocycles. The Hall–Kier alpha value is -1.10. The van der Waals surface area contributed by atoms with E-state index in [1.807, 2.05) is 41.5 Å². The fourth-order valence-electron chi connectivity index (χ4n) is 2.41. The van der Waals surface area contributed by atoms with Crippen molar-refractivity contribution in [3.8, 4) is 0 Å². The van der Waals surface area contributed by atoms with Crippen molar-refractivity contribution >= 4 is 12.0 Å². The van der Waals surface area contributed by atoms with Crippen LogP contribution in [0.3, 0.4) is 0 Å². The van der Waals surface area contributed by atoms with E-state index in [0.29, 0.717) is 0 Å². The molecule has 116 valence electrons. The molecule has 5 nitrogen and oxygen atoms in total. The van der Waals surface area contributed by atoms with Crippen LogP contribution in [-0.4, -0.2) is 40.8 Å². The van der Waals surface area contributed by atoms with Crippen LogP contribution < -0.4 is 0 Å². The van der Waals surface area contributed by atoms with Crippen LogP contribution in [0.1, 0.15) is 48.5 Å². The van der Waals surface area contributed by atoms with E-state index in [9.17, 15) is 14.7 Å². The average molecular weight is 285 g/mol. The highest BCUT2D eigenvalue weighted by Gasteiger charge is 2.47. The summed E-state index contributed by atoms with van der Waals surface area (Å²) >= 11 is 0. The number of hydrogen-bond donors (Lipinski definition) is 1. The molecule has 1 rings (SSSR count). The predicted molar refractivity (Wildman–Crippen MR) is 76.1 cm³/mol. The van der Waals surface area contributed by atoms with E-state index in [1.54, 1.807) is 6.92 Å². The second-order valence-corrected chi connectivity index (χ2v) is 7.77. The second kappa shape index (κ2) is 5.35. The molecule has 0 spiro atoms. The van der Waals surface area contributed by atoms with E-state index >= 15 is 0 Å². The Kier molecular flexibility index (Phi) is 4.54. The maximum atomic E-state index is 12.6. The fraction of sp³-hybridized carbons (Fsp3) is 0.867. The van der Waals surface area contributed by atoms with Crippen LogP contribution in [0.4, 0.5) is 4.79 Å². The van der Waals surface area contributed by atoms with Crippen molar-refractivity contribution in [2.45, 2.75) is 60.6 Å². The predicted octanol–water partition coefficient (Wildman–Crippen LogP) is 2.42. The first-order chi connectivity index (χ1) is 8.87. The fourth-order valence-corrected chi connectivity index (χ4v) is 2.41. The maximum absolute atomic E-state index is 12.6. The lowest BCUT2D eigenvalue weighted by Crippen LogP contribution is -2.51. The zero-order valence-electron chi connectivity index (χ0n) is 13.6. The zero-order valence-corrected chi connectivity index (χ0v) is 13.6. The molecular weight excluding hydrogens is 258 g/mol. The molecule has 1 aliphatic rings. The molecule has 1 N–H and O–H groups in total. The van der Waals surface area contributed by atoms with Crippen LogP contribution in [0.5, 0.6) is 0 Å². The molecule has 1 aliphatic heterocycles. The SMILES string of the molecule is C[C@H](C(=O)N1C(=O)OC[C@@H]1C(C)(C)C)[C@H](O)C(C)(C)C. The zero-order chi connectivity index (χ0) is 15.9. The Morgan fingerprint density at radius 3 is 2.20 bits per heavy atom. The Morgan fingerprint density at radius 2 is 1.80 bits per heavy atom. The highest BCUT2D eigenvalue weighted by molar-refractivity contribution is 5.95. The number of imide groups is 1. The molecule has 0 radical (unpaired) electrons. The number of aliphatic hydroxyl groups is 1. The molecule has 1 fully saturated rings. The Bertz CT molecular complexity index is 392. The molecular formula is C15H27NO4. The molecule has 5 heteroatoms. The van der Waals surface area contributed by atoms with Crippen molar-refractivity contribution in [1.29, 1.82) is 0 Å².